The molecule has 1 aromatic carbocycles. The van der Waals surface area contributed by atoms with E-state index in [1.165, 1.54) is 26.2 Å². The average Bonchev–Trinajstić information content (AvgIpc) is 2.93. The first-order chi connectivity index (χ1) is 10.8. The zero-order valence-corrected chi connectivity index (χ0v) is 14.3. The van der Waals surface area contributed by atoms with Gasteiger partial charge >= 0.3 is 0 Å². The number of ketones is 1. The maximum Gasteiger partial charge on any atom is 0.265 e. The highest BCUT2D eigenvalue weighted by Crippen LogP contribution is 2.12. The lowest BCUT2D eigenvalue weighted by Gasteiger charge is -2.12. The van der Waals surface area contributed by atoms with Crippen LogP contribution in [-0.2, 0) is 10.0 Å². The zero-order chi connectivity index (χ0) is 17.0. The maximum atomic E-state index is 12.5. The molecule has 122 valence electrons. The van der Waals surface area contributed by atoms with E-state index >= 15 is 0 Å². The van der Waals surface area contributed by atoms with Crippen LogP contribution < -0.4 is 5.43 Å². The molecule has 1 heterocycles. The molecule has 2 aromatic rings. The smallest absolute Gasteiger partial charge is 0.265 e. The molecule has 0 fully saturated rings. The van der Waals surface area contributed by atoms with E-state index in [9.17, 15) is 13.2 Å². The summed E-state index contributed by atoms with van der Waals surface area (Å²) in [5.74, 6) is -0.174. The van der Waals surface area contributed by atoms with E-state index < -0.39 is 20.9 Å². The van der Waals surface area contributed by atoms with Gasteiger partial charge in [0.15, 0.2) is 0 Å². The predicted molar refractivity (Wildman–Crippen MR) is 89.1 cm³/mol. The number of sulfonamides is 1. The molecule has 2 rings (SSSR count). The first-order valence-electron chi connectivity index (χ1n) is 6.48. The van der Waals surface area contributed by atoms with E-state index in [1.54, 1.807) is 25.1 Å². The molecule has 0 aliphatic heterocycles. The van der Waals surface area contributed by atoms with Gasteiger partial charge in [0.05, 0.1) is 0 Å². The van der Waals surface area contributed by atoms with Crippen molar-refractivity contribution in [2.45, 2.75) is 6.92 Å². The minimum absolute atomic E-state index is 0.229. The third-order valence-corrected chi connectivity index (χ3v) is 5.17. The molecule has 23 heavy (non-hydrogen) atoms. The van der Waals surface area contributed by atoms with E-state index in [0.29, 0.717) is 11.0 Å². The SMILES string of the molecule is Cc1nsc(N/N=C(/C(=O)c2ccccc2)S(=O)(=O)N(C)C)n1. The molecule has 1 N–H and O–H groups in total. The Bertz CT molecular complexity index is 828. The minimum Gasteiger partial charge on any atom is -0.286 e. The highest BCUT2D eigenvalue weighted by molar-refractivity contribution is 8.06. The summed E-state index contributed by atoms with van der Waals surface area (Å²) in [5, 5.41) is 3.46. The Morgan fingerprint density at radius 3 is 2.43 bits per heavy atom. The number of anilines is 1. The molecule has 0 saturated carbocycles. The van der Waals surface area contributed by atoms with Crippen molar-refractivity contribution in [2.75, 3.05) is 19.5 Å². The number of carbonyl (C=O) groups is 1. The minimum atomic E-state index is -4.02. The van der Waals surface area contributed by atoms with Crippen LogP contribution in [0.4, 0.5) is 5.13 Å². The van der Waals surface area contributed by atoms with Crippen LogP contribution in [0.25, 0.3) is 0 Å². The fourth-order valence-corrected chi connectivity index (χ4v) is 2.93. The number of hydrogen-bond acceptors (Lipinski definition) is 8. The second kappa shape index (κ2) is 6.94. The number of aromatic nitrogens is 2. The molecule has 1 aromatic heterocycles. The number of hydrogen-bond donors (Lipinski definition) is 1. The Morgan fingerprint density at radius 1 is 1.26 bits per heavy atom. The third kappa shape index (κ3) is 3.97. The van der Waals surface area contributed by atoms with Crippen LogP contribution in [0.2, 0.25) is 0 Å². The lowest BCUT2D eigenvalue weighted by Crippen LogP contribution is -2.35. The van der Waals surface area contributed by atoms with Crippen LogP contribution >= 0.6 is 11.5 Å². The summed E-state index contributed by atoms with van der Waals surface area (Å²) >= 11 is 1.02. The van der Waals surface area contributed by atoms with Crippen LogP contribution in [0, 0.1) is 6.92 Å². The zero-order valence-electron chi connectivity index (χ0n) is 12.7. The Kier molecular flexibility index (Phi) is 5.19. The molecule has 0 amide bonds. The molecule has 0 bridgehead atoms. The number of benzene rings is 1. The number of hydrazone groups is 1. The average molecular weight is 353 g/mol. The normalized spacial score (nSPS) is 12.4. The summed E-state index contributed by atoms with van der Waals surface area (Å²) in [6, 6.07) is 8.08. The molecule has 8 nitrogen and oxygen atoms in total. The van der Waals surface area contributed by atoms with Gasteiger partial charge in [0, 0.05) is 31.2 Å². The summed E-state index contributed by atoms with van der Waals surface area (Å²) in [7, 11) is -1.36. The largest absolute Gasteiger partial charge is 0.286 e. The number of nitrogens with zero attached hydrogens (tertiary/aromatic N) is 4. The van der Waals surface area contributed by atoms with Gasteiger partial charge < -0.3 is 0 Å². The van der Waals surface area contributed by atoms with Crippen LogP contribution in [-0.4, -0.2) is 47.0 Å². The van der Waals surface area contributed by atoms with Crippen LogP contribution in [0.15, 0.2) is 35.4 Å². The molecule has 0 unspecified atom stereocenters. The second-order valence-corrected chi connectivity index (χ2v) is 7.48. The first kappa shape index (κ1) is 17.2. The van der Waals surface area contributed by atoms with Crippen LogP contribution in [0.5, 0.6) is 0 Å². The van der Waals surface area contributed by atoms with Crippen molar-refractivity contribution in [3.05, 3.63) is 41.7 Å². The van der Waals surface area contributed by atoms with E-state index in [-0.39, 0.29) is 5.56 Å². The molecule has 10 heteroatoms. The summed E-state index contributed by atoms with van der Waals surface area (Å²) in [6.45, 7) is 1.69. The van der Waals surface area contributed by atoms with Gasteiger partial charge in [0.1, 0.15) is 5.82 Å². The fourth-order valence-electron chi connectivity index (χ4n) is 1.55. The van der Waals surface area contributed by atoms with Gasteiger partial charge in [-0.15, -0.1) is 0 Å². The summed E-state index contributed by atoms with van der Waals surface area (Å²) in [6.07, 6.45) is 0. The molecule has 0 radical (unpaired) electrons. The van der Waals surface area contributed by atoms with Crippen molar-refractivity contribution < 1.29 is 13.2 Å². The van der Waals surface area contributed by atoms with Gasteiger partial charge in [-0.3, -0.25) is 4.79 Å². The van der Waals surface area contributed by atoms with Crippen molar-refractivity contribution in [1.29, 1.82) is 0 Å². The van der Waals surface area contributed by atoms with E-state index in [2.05, 4.69) is 19.9 Å². The summed E-state index contributed by atoms with van der Waals surface area (Å²) in [4.78, 5) is 16.5. The molecular formula is C13H15N5O3S2. The highest BCUT2D eigenvalue weighted by atomic mass is 32.2. The lowest BCUT2D eigenvalue weighted by molar-refractivity contribution is 0.106. The Labute approximate surface area is 138 Å². The fraction of sp³-hybridized carbons (Fsp3) is 0.231. The maximum absolute atomic E-state index is 12.5. The first-order valence-corrected chi connectivity index (χ1v) is 8.70. The molecule has 0 aliphatic carbocycles. The van der Waals surface area contributed by atoms with E-state index in [4.69, 9.17) is 0 Å². The van der Waals surface area contributed by atoms with Gasteiger partial charge in [-0.2, -0.15) is 9.47 Å². The predicted octanol–water partition coefficient (Wildman–Crippen LogP) is 1.35. The number of aryl methyl sites for hydroxylation is 1. The number of rotatable bonds is 5. The Morgan fingerprint density at radius 2 is 1.91 bits per heavy atom. The van der Waals surface area contributed by atoms with E-state index in [0.717, 1.165) is 15.8 Å². The van der Waals surface area contributed by atoms with Crippen LogP contribution in [0.1, 0.15) is 16.2 Å². The molecule has 0 saturated heterocycles. The standard InChI is InChI=1S/C13H15N5O3S2/c1-9-14-13(22-17-9)16-15-12(23(20,21)18(2)3)11(19)10-7-5-4-6-8-10/h4-8H,1-3H3,(H,14,16,17)/b15-12-. The van der Waals surface area contributed by atoms with Gasteiger partial charge in [-0.05, 0) is 6.92 Å². The topological polar surface area (TPSA) is 105 Å². The lowest BCUT2D eigenvalue weighted by atomic mass is 10.1. The number of carbonyl (C=O) groups excluding carboxylic acids is 1. The van der Waals surface area contributed by atoms with Crippen molar-refractivity contribution in [2.24, 2.45) is 5.10 Å². The van der Waals surface area contributed by atoms with Crippen molar-refractivity contribution >= 4 is 37.5 Å². The number of Topliss-reactive ketones (excluding diaryl/α,β-unsaturated/α-hetero) is 1. The van der Waals surface area contributed by atoms with E-state index in [1.807, 2.05) is 0 Å². The van der Waals surface area contributed by atoms with Crippen molar-refractivity contribution in [3.63, 3.8) is 0 Å². The third-order valence-electron chi connectivity index (χ3n) is 2.74. The van der Waals surface area contributed by atoms with Crippen molar-refractivity contribution in [1.82, 2.24) is 13.7 Å². The quantitative estimate of drug-likeness (QED) is 0.376. The van der Waals surface area contributed by atoms with Crippen LogP contribution in [0.3, 0.4) is 0 Å². The Balaban J connectivity index is 2.42. The summed E-state index contributed by atoms with van der Waals surface area (Å²) in [5.41, 5.74) is 2.71. The number of nitrogens with one attached hydrogen (secondary N) is 1. The van der Waals surface area contributed by atoms with Gasteiger partial charge in [0.2, 0.25) is 16.0 Å². The van der Waals surface area contributed by atoms with Crippen molar-refractivity contribution in [3.8, 4) is 0 Å². The molecule has 0 atom stereocenters. The Hall–Kier alpha value is -2.17. The molecule has 0 spiro atoms. The van der Waals surface area contributed by atoms with Gasteiger partial charge in [-0.1, -0.05) is 30.3 Å². The van der Waals surface area contributed by atoms with Gasteiger partial charge in [-0.25, -0.2) is 23.1 Å². The second-order valence-electron chi connectivity index (χ2n) is 4.66. The highest BCUT2D eigenvalue weighted by Gasteiger charge is 2.30. The molecular weight excluding hydrogens is 338 g/mol. The van der Waals surface area contributed by atoms with Gasteiger partial charge in [0.25, 0.3) is 10.0 Å². The summed E-state index contributed by atoms with van der Waals surface area (Å²) < 4.78 is 29.6. The molecule has 0 aliphatic rings. The monoisotopic (exact) mass is 353 g/mol.